The topological polar surface area (TPSA) is 20.3 Å². The normalized spacial score (nSPS) is 18.8. The van der Waals surface area contributed by atoms with Gasteiger partial charge in [0.1, 0.15) is 0 Å². The van der Waals surface area contributed by atoms with Gasteiger partial charge >= 0.3 is 0 Å². The molecule has 2 nitrogen and oxygen atoms in total. The summed E-state index contributed by atoms with van der Waals surface area (Å²) < 4.78 is 0. The SMILES string of the molecule is O=C(Cc1ccccc1)CN(CC1CC1)CC1CC1. The van der Waals surface area contributed by atoms with E-state index >= 15 is 0 Å². The van der Waals surface area contributed by atoms with Gasteiger partial charge in [-0.2, -0.15) is 0 Å². The van der Waals surface area contributed by atoms with Gasteiger partial charge in [-0.3, -0.25) is 9.69 Å². The molecule has 102 valence electrons. The van der Waals surface area contributed by atoms with E-state index in [-0.39, 0.29) is 0 Å². The van der Waals surface area contributed by atoms with E-state index in [1.807, 2.05) is 30.3 Å². The standard InChI is InChI=1S/C17H23NO/c19-17(10-14-4-2-1-3-5-14)13-18(11-15-6-7-15)12-16-8-9-16/h1-5,15-16H,6-13H2. The third-order valence-electron chi connectivity index (χ3n) is 4.07. The molecule has 3 rings (SSSR count). The van der Waals surface area contributed by atoms with E-state index in [1.54, 1.807) is 0 Å². The highest BCUT2D eigenvalue weighted by molar-refractivity contribution is 5.82. The molecule has 0 heterocycles. The molecule has 2 heteroatoms. The number of benzene rings is 1. The van der Waals surface area contributed by atoms with Gasteiger partial charge in [0.2, 0.25) is 0 Å². The zero-order valence-corrected chi connectivity index (χ0v) is 11.6. The minimum absolute atomic E-state index is 0.368. The number of rotatable bonds is 8. The van der Waals surface area contributed by atoms with Crippen LogP contribution in [-0.2, 0) is 11.2 Å². The van der Waals surface area contributed by atoms with Gasteiger partial charge in [-0.05, 0) is 43.1 Å². The molecule has 0 amide bonds. The van der Waals surface area contributed by atoms with Crippen molar-refractivity contribution in [3.63, 3.8) is 0 Å². The van der Waals surface area contributed by atoms with Gasteiger partial charge in [-0.15, -0.1) is 0 Å². The summed E-state index contributed by atoms with van der Waals surface area (Å²) in [4.78, 5) is 14.6. The fourth-order valence-corrected chi connectivity index (χ4v) is 2.66. The molecule has 0 unspecified atom stereocenters. The first-order valence-corrected chi connectivity index (χ1v) is 7.57. The van der Waals surface area contributed by atoms with Crippen LogP contribution in [-0.4, -0.2) is 30.3 Å². The molecule has 2 aliphatic carbocycles. The van der Waals surface area contributed by atoms with Crippen LogP contribution in [0.5, 0.6) is 0 Å². The van der Waals surface area contributed by atoms with Crippen molar-refractivity contribution < 1.29 is 4.79 Å². The summed E-state index contributed by atoms with van der Waals surface area (Å²) in [6.07, 6.45) is 6.07. The summed E-state index contributed by atoms with van der Waals surface area (Å²) in [5.74, 6) is 2.12. The Bertz CT molecular complexity index is 406. The lowest BCUT2D eigenvalue weighted by Gasteiger charge is -2.21. The average Bonchev–Trinajstić information content (AvgIpc) is 3.26. The number of Topliss-reactive ketones (excluding diaryl/α,β-unsaturated/α-hetero) is 1. The minimum Gasteiger partial charge on any atom is -0.298 e. The van der Waals surface area contributed by atoms with E-state index in [9.17, 15) is 4.79 Å². The van der Waals surface area contributed by atoms with Crippen molar-refractivity contribution in [1.29, 1.82) is 0 Å². The molecule has 0 spiro atoms. The first-order valence-electron chi connectivity index (χ1n) is 7.57. The number of ketones is 1. The Morgan fingerprint density at radius 1 is 1.00 bits per heavy atom. The average molecular weight is 257 g/mol. The predicted molar refractivity (Wildman–Crippen MR) is 77.0 cm³/mol. The molecular weight excluding hydrogens is 234 g/mol. The van der Waals surface area contributed by atoms with Crippen LogP contribution in [0.3, 0.4) is 0 Å². The van der Waals surface area contributed by atoms with Gasteiger partial charge in [-0.25, -0.2) is 0 Å². The first-order chi connectivity index (χ1) is 9.29. The largest absolute Gasteiger partial charge is 0.298 e. The maximum Gasteiger partial charge on any atom is 0.151 e. The lowest BCUT2D eigenvalue weighted by molar-refractivity contribution is -0.119. The van der Waals surface area contributed by atoms with Crippen LogP contribution in [0.15, 0.2) is 30.3 Å². The van der Waals surface area contributed by atoms with Crippen molar-refractivity contribution in [3.8, 4) is 0 Å². The van der Waals surface area contributed by atoms with Crippen molar-refractivity contribution in [1.82, 2.24) is 4.90 Å². The smallest absolute Gasteiger partial charge is 0.151 e. The third-order valence-corrected chi connectivity index (χ3v) is 4.07. The van der Waals surface area contributed by atoms with Crippen LogP contribution >= 0.6 is 0 Å². The highest BCUT2D eigenvalue weighted by atomic mass is 16.1. The van der Waals surface area contributed by atoms with Crippen molar-refractivity contribution in [2.75, 3.05) is 19.6 Å². The van der Waals surface area contributed by atoms with Gasteiger partial charge < -0.3 is 0 Å². The van der Waals surface area contributed by atoms with E-state index in [0.717, 1.165) is 30.5 Å². The monoisotopic (exact) mass is 257 g/mol. The summed E-state index contributed by atoms with van der Waals surface area (Å²) in [5, 5.41) is 0. The van der Waals surface area contributed by atoms with Gasteiger partial charge in [0.25, 0.3) is 0 Å². The minimum atomic E-state index is 0.368. The Morgan fingerprint density at radius 2 is 1.58 bits per heavy atom. The highest BCUT2D eigenvalue weighted by Crippen LogP contribution is 2.33. The van der Waals surface area contributed by atoms with E-state index in [0.29, 0.717) is 18.7 Å². The van der Waals surface area contributed by atoms with Crippen LogP contribution in [0.4, 0.5) is 0 Å². The molecule has 1 aromatic rings. The number of carbonyl (C=O) groups is 1. The quantitative estimate of drug-likeness (QED) is 0.713. The molecule has 0 N–H and O–H groups in total. The van der Waals surface area contributed by atoms with Crippen molar-refractivity contribution in [2.24, 2.45) is 11.8 Å². The number of hydrogen-bond donors (Lipinski definition) is 0. The van der Waals surface area contributed by atoms with Crippen LogP contribution in [0.2, 0.25) is 0 Å². The zero-order chi connectivity index (χ0) is 13.1. The number of hydrogen-bond acceptors (Lipinski definition) is 2. The highest BCUT2D eigenvalue weighted by Gasteiger charge is 2.29. The molecule has 0 aliphatic heterocycles. The second kappa shape index (κ2) is 5.87. The summed E-state index contributed by atoms with van der Waals surface area (Å²) in [6.45, 7) is 2.95. The molecule has 0 atom stereocenters. The van der Waals surface area contributed by atoms with Gasteiger partial charge in [0.05, 0.1) is 6.54 Å². The molecule has 0 aromatic heterocycles. The predicted octanol–water partition coefficient (Wildman–Crippen LogP) is 2.92. The second-order valence-electron chi connectivity index (χ2n) is 6.28. The third kappa shape index (κ3) is 4.46. The Kier molecular flexibility index (Phi) is 3.97. The van der Waals surface area contributed by atoms with Crippen molar-refractivity contribution >= 4 is 5.78 Å². The summed E-state index contributed by atoms with van der Waals surface area (Å²) in [7, 11) is 0. The zero-order valence-electron chi connectivity index (χ0n) is 11.6. The first kappa shape index (κ1) is 12.9. The summed E-state index contributed by atoms with van der Waals surface area (Å²) >= 11 is 0. The molecule has 2 fully saturated rings. The second-order valence-corrected chi connectivity index (χ2v) is 6.28. The van der Waals surface area contributed by atoms with E-state index in [1.165, 1.54) is 25.7 Å². The van der Waals surface area contributed by atoms with Crippen LogP contribution in [0.1, 0.15) is 31.2 Å². The number of carbonyl (C=O) groups excluding carboxylic acids is 1. The van der Waals surface area contributed by atoms with E-state index in [2.05, 4.69) is 4.90 Å². The molecule has 2 saturated carbocycles. The van der Waals surface area contributed by atoms with Crippen molar-refractivity contribution in [3.05, 3.63) is 35.9 Å². The molecule has 1 aromatic carbocycles. The van der Waals surface area contributed by atoms with Gasteiger partial charge in [0, 0.05) is 19.5 Å². The maximum atomic E-state index is 12.2. The molecular formula is C17H23NO. The van der Waals surface area contributed by atoms with Gasteiger partial charge in [-0.1, -0.05) is 30.3 Å². The molecule has 0 saturated heterocycles. The Balaban J connectivity index is 1.49. The van der Waals surface area contributed by atoms with Gasteiger partial charge in [0.15, 0.2) is 5.78 Å². The Hall–Kier alpha value is -1.15. The van der Waals surface area contributed by atoms with E-state index in [4.69, 9.17) is 0 Å². The fraction of sp³-hybridized carbons (Fsp3) is 0.588. The van der Waals surface area contributed by atoms with Crippen molar-refractivity contribution in [2.45, 2.75) is 32.1 Å². The van der Waals surface area contributed by atoms with Crippen LogP contribution in [0.25, 0.3) is 0 Å². The Labute approximate surface area is 115 Å². The molecule has 0 bridgehead atoms. The maximum absolute atomic E-state index is 12.2. The van der Waals surface area contributed by atoms with Crippen LogP contribution < -0.4 is 0 Å². The summed E-state index contributed by atoms with van der Waals surface area (Å²) in [5.41, 5.74) is 1.14. The number of nitrogens with zero attached hydrogens (tertiary/aromatic N) is 1. The van der Waals surface area contributed by atoms with Crippen LogP contribution in [0, 0.1) is 11.8 Å². The summed E-state index contributed by atoms with van der Waals surface area (Å²) in [6, 6.07) is 10.1. The fourth-order valence-electron chi connectivity index (χ4n) is 2.66. The van der Waals surface area contributed by atoms with E-state index < -0.39 is 0 Å². The molecule has 19 heavy (non-hydrogen) atoms. The Morgan fingerprint density at radius 3 is 2.11 bits per heavy atom. The lowest BCUT2D eigenvalue weighted by Crippen LogP contribution is -2.34. The molecule has 0 radical (unpaired) electrons. The lowest BCUT2D eigenvalue weighted by atomic mass is 10.1. The molecule has 2 aliphatic rings.